The molecule has 0 saturated heterocycles. The molecule has 1 fully saturated rings. The number of pyridine rings is 1. The van der Waals surface area contributed by atoms with E-state index >= 15 is 0 Å². The topological polar surface area (TPSA) is 118 Å². The molecule has 0 radical (unpaired) electrons. The van der Waals surface area contributed by atoms with E-state index in [1.807, 2.05) is 0 Å². The molecule has 1 amide bonds. The van der Waals surface area contributed by atoms with Crippen LogP contribution < -0.4 is 5.32 Å². The van der Waals surface area contributed by atoms with Crippen LogP contribution in [0.3, 0.4) is 0 Å². The second-order valence-electron chi connectivity index (χ2n) is 5.59. The summed E-state index contributed by atoms with van der Waals surface area (Å²) < 4.78 is 5.03. The van der Waals surface area contributed by atoms with Gasteiger partial charge in [-0.05, 0) is 25.0 Å². The summed E-state index contributed by atoms with van der Waals surface area (Å²) in [5.41, 5.74) is -0.805. The number of carbonyl (C=O) groups is 2. The zero-order valence-electron chi connectivity index (χ0n) is 12.6. The average Bonchev–Trinajstić information content (AvgIpc) is 3.17. The number of carbonyl (C=O) groups excluding carboxylic acids is 1. The lowest BCUT2D eigenvalue weighted by Crippen LogP contribution is -2.45. The fraction of sp³-hybridized carbons (Fsp3) is 0.400. The molecule has 8 heteroatoms. The lowest BCUT2D eigenvalue weighted by Gasteiger charge is -2.26. The van der Waals surface area contributed by atoms with E-state index in [0.717, 1.165) is 12.8 Å². The summed E-state index contributed by atoms with van der Waals surface area (Å²) >= 11 is 0. The maximum Gasteiger partial charge on any atom is 0.354 e. The molecule has 0 aliphatic heterocycles. The van der Waals surface area contributed by atoms with Gasteiger partial charge in [0.15, 0.2) is 5.82 Å². The van der Waals surface area contributed by atoms with E-state index in [9.17, 15) is 9.59 Å². The molecule has 120 valence electrons. The van der Waals surface area contributed by atoms with Gasteiger partial charge in [-0.1, -0.05) is 24.1 Å². The van der Waals surface area contributed by atoms with Gasteiger partial charge in [0.05, 0.1) is 0 Å². The molecule has 8 nitrogen and oxygen atoms in total. The Bertz CT molecular complexity index is 749. The smallest absolute Gasteiger partial charge is 0.354 e. The van der Waals surface area contributed by atoms with Crippen molar-refractivity contribution in [2.45, 2.75) is 38.1 Å². The summed E-state index contributed by atoms with van der Waals surface area (Å²) in [6.07, 6.45) is 3.29. The number of nitrogens with zero attached hydrogens (tertiary/aromatic N) is 3. The monoisotopic (exact) mass is 316 g/mol. The van der Waals surface area contributed by atoms with Crippen molar-refractivity contribution in [1.82, 2.24) is 20.4 Å². The zero-order valence-corrected chi connectivity index (χ0v) is 12.6. The Morgan fingerprint density at radius 1 is 1.22 bits per heavy atom. The van der Waals surface area contributed by atoms with Crippen molar-refractivity contribution < 1.29 is 19.2 Å². The predicted octanol–water partition coefficient (Wildman–Crippen LogP) is 1.67. The fourth-order valence-electron chi connectivity index (χ4n) is 2.84. The van der Waals surface area contributed by atoms with E-state index in [-0.39, 0.29) is 11.4 Å². The maximum absolute atomic E-state index is 12.5. The van der Waals surface area contributed by atoms with Crippen molar-refractivity contribution in [3.8, 4) is 0 Å². The SMILES string of the molecule is Cc1nc(C2(NC(=O)c3cccc(C(=O)O)n3)CCCC2)no1. The molecule has 0 unspecified atom stereocenters. The van der Waals surface area contributed by atoms with Crippen LogP contribution in [-0.4, -0.2) is 32.1 Å². The Balaban J connectivity index is 1.87. The Morgan fingerprint density at radius 2 is 1.91 bits per heavy atom. The molecule has 0 atom stereocenters. The summed E-state index contributed by atoms with van der Waals surface area (Å²) in [4.78, 5) is 31.6. The summed E-state index contributed by atoms with van der Waals surface area (Å²) in [5.74, 6) is -0.733. The lowest BCUT2D eigenvalue weighted by molar-refractivity contribution is 0.0690. The number of aromatic carboxylic acids is 1. The molecule has 2 aromatic rings. The van der Waals surface area contributed by atoms with Crippen LogP contribution >= 0.6 is 0 Å². The van der Waals surface area contributed by atoms with Crippen LogP contribution in [0.2, 0.25) is 0 Å². The molecule has 0 bridgehead atoms. The van der Waals surface area contributed by atoms with Crippen molar-refractivity contribution >= 4 is 11.9 Å². The normalized spacial score (nSPS) is 16.2. The maximum atomic E-state index is 12.5. The van der Waals surface area contributed by atoms with Gasteiger partial charge < -0.3 is 14.9 Å². The van der Waals surface area contributed by atoms with Crippen molar-refractivity contribution in [3.05, 3.63) is 41.3 Å². The molecule has 1 saturated carbocycles. The highest BCUT2D eigenvalue weighted by atomic mass is 16.5. The van der Waals surface area contributed by atoms with Gasteiger partial charge in [0, 0.05) is 6.92 Å². The number of nitrogens with one attached hydrogen (secondary N) is 1. The Hall–Kier alpha value is -2.77. The van der Waals surface area contributed by atoms with Gasteiger partial charge in [-0.3, -0.25) is 4.79 Å². The molecule has 2 aromatic heterocycles. The molecule has 3 rings (SSSR count). The van der Waals surface area contributed by atoms with Crippen LogP contribution in [0.4, 0.5) is 0 Å². The number of carboxylic acid groups (broad SMARTS) is 1. The Morgan fingerprint density at radius 3 is 2.52 bits per heavy atom. The minimum absolute atomic E-state index is 0.0522. The van der Waals surface area contributed by atoms with Gasteiger partial charge in [-0.15, -0.1) is 0 Å². The number of hydrogen-bond acceptors (Lipinski definition) is 6. The van der Waals surface area contributed by atoms with Crippen molar-refractivity contribution in [1.29, 1.82) is 0 Å². The molecular formula is C15H16N4O4. The molecular weight excluding hydrogens is 300 g/mol. The number of hydrogen-bond donors (Lipinski definition) is 2. The van der Waals surface area contributed by atoms with Gasteiger partial charge in [0.1, 0.15) is 16.9 Å². The van der Waals surface area contributed by atoms with Crippen molar-refractivity contribution in [3.63, 3.8) is 0 Å². The minimum atomic E-state index is -1.18. The Labute approximate surface area is 131 Å². The van der Waals surface area contributed by atoms with Gasteiger partial charge >= 0.3 is 5.97 Å². The third-order valence-electron chi connectivity index (χ3n) is 3.97. The highest BCUT2D eigenvalue weighted by Gasteiger charge is 2.41. The largest absolute Gasteiger partial charge is 0.477 e. The van der Waals surface area contributed by atoms with Crippen molar-refractivity contribution in [2.75, 3.05) is 0 Å². The number of aromatic nitrogens is 3. The van der Waals surface area contributed by atoms with Crippen LogP contribution in [0, 0.1) is 6.92 Å². The first-order chi connectivity index (χ1) is 11.0. The molecule has 2 N–H and O–H groups in total. The second kappa shape index (κ2) is 5.79. The van der Waals surface area contributed by atoms with Crippen LogP contribution in [0.15, 0.2) is 22.7 Å². The van der Waals surface area contributed by atoms with E-state index in [2.05, 4.69) is 20.4 Å². The highest BCUT2D eigenvalue weighted by molar-refractivity contribution is 5.94. The molecule has 1 aliphatic carbocycles. The average molecular weight is 316 g/mol. The number of aryl methyl sites for hydroxylation is 1. The molecule has 1 aliphatic rings. The summed E-state index contributed by atoms with van der Waals surface area (Å²) in [5, 5.41) is 15.9. The molecule has 0 aromatic carbocycles. The first-order valence-electron chi connectivity index (χ1n) is 7.34. The highest BCUT2D eigenvalue weighted by Crippen LogP contribution is 2.37. The van der Waals surface area contributed by atoms with Crippen molar-refractivity contribution in [2.24, 2.45) is 0 Å². The quantitative estimate of drug-likeness (QED) is 0.880. The molecule has 0 spiro atoms. The first-order valence-corrected chi connectivity index (χ1v) is 7.34. The standard InChI is InChI=1S/C15H16N4O4/c1-9-16-14(19-23-9)15(7-2-3-8-15)18-12(20)10-5-4-6-11(17-10)13(21)22/h4-6H,2-3,7-8H2,1H3,(H,18,20)(H,21,22). The van der Waals surface area contributed by atoms with E-state index in [0.29, 0.717) is 24.6 Å². The summed E-state index contributed by atoms with van der Waals surface area (Å²) in [6, 6.07) is 4.31. The van der Waals surface area contributed by atoms with Gasteiger partial charge in [-0.2, -0.15) is 4.98 Å². The minimum Gasteiger partial charge on any atom is -0.477 e. The van der Waals surface area contributed by atoms with Crippen LogP contribution in [0.5, 0.6) is 0 Å². The summed E-state index contributed by atoms with van der Waals surface area (Å²) in [6.45, 7) is 1.69. The summed E-state index contributed by atoms with van der Waals surface area (Å²) in [7, 11) is 0. The lowest BCUT2D eigenvalue weighted by atomic mass is 9.96. The van der Waals surface area contributed by atoms with E-state index in [1.54, 1.807) is 6.92 Å². The number of rotatable bonds is 4. The van der Waals surface area contributed by atoms with E-state index in [4.69, 9.17) is 9.63 Å². The third-order valence-corrected chi connectivity index (χ3v) is 3.97. The number of amides is 1. The Kier molecular flexibility index (Phi) is 3.81. The first kappa shape index (κ1) is 15.1. The van der Waals surface area contributed by atoms with Crippen LogP contribution in [-0.2, 0) is 5.54 Å². The zero-order chi connectivity index (χ0) is 16.4. The number of carboxylic acids is 1. The van der Waals surface area contributed by atoms with E-state index < -0.39 is 17.4 Å². The fourth-order valence-corrected chi connectivity index (χ4v) is 2.84. The van der Waals surface area contributed by atoms with Crippen LogP contribution in [0.1, 0.15) is 58.4 Å². The van der Waals surface area contributed by atoms with Gasteiger partial charge in [-0.25, -0.2) is 9.78 Å². The molecule has 23 heavy (non-hydrogen) atoms. The molecule has 2 heterocycles. The second-order valence-corrected chi connectivity index (χ2v) is 5.59. The third kappa shape index (κ3) is 2.92. The van der Waals surface area contributed by atoms with Gasteiger partial charge in [0.2, 0.25) is 5.89 Å². The van der Waals surface area contributed by atoms with Gasteiger partial charge in [0.25, 0.3) is 5.91 Å². The van der Waals surface area contributed by atoms with Crippen LogP contribution in [0.25, 0.3) is 0 Å². The van der Waals surface area contributed by atoms with E-state index in [1.165, 1.54) is 18.2 Å². The predicted molar refractivity (Wildman–Crippen MR) is 77.8 cm³/mol.